The third-order valence-electron chi connectivity index (χ3n) is 2.62. The van der Waals surface area contributed by atoms with Crippen molar-refractivity contribution in [3.05, 3.63) is 36.2 Å². The number of hydrogen-bond donors (Lipinski definition) is 2. The lowest BCUT2D eigenvalue weighted by Gasteiger charge is -2.14. The van der Waals surface area contributed by atoms with Gasteiger partial charge in [0.2, 0.25) is 5.91 Å². The summed E-state index contributed by atoms with van der Waals surface area (Å²) in [5.41, 5.74) is 6.73. The molecule has 0 aliphatic rings. The molecule has 0 unspecified atom stereocenters. The molecule has 0 fully saturated rings. The molecule has 3 N–H and O–H groups in total. The largest absolute Gasteiger partial charge is 0.489 e. The van der Waals surface area contributed by atoms with Crippen LogP contribution < -0.4 is 15.8 Å². The van der Waals surface area contributed by atoms with Crippen LogP contribution in [-0.2, 0) is 17.9 Å². The Morgan fingerprint density at radius 1 is 1.43 bits per heavy atom. The molecule has 2 rings (SSSR count). The van der Waals surface area contributed by atoms with E-state index in [-0.39, 0.29) is 18.6 Å². The third-order valence-corrected chi connectivity index (χ3v) is 2.62. The van der Waals surface area contributed by atoms with Crippen LogP contribution in [0.3, 0.4) is 0 Å². The Labute approximate surface area is 123 Å². The van der Waals surface area contributed by atoms with Gasteiger partial charge in [-0.05, 0) is 26.0 Å². The molecule has 1 heterocycles. The van der Waals surface area contributed by atoms with Gasteiger partial charge in [-0.15, -0.1) is 5.10 Å². The Hall–Kier alpha value is -2.41. The molecular weight excluding hydrogens is 270 g/mol. The van der Waals surface area contributed by atoms with Crippen molar-refractivity contribution in [2.75, 3.05) is 5.32 Å². The zero-order valence-electron chi connectivity index (χ0n) is 12.1. The summed E-state index contributed by atoms with van der Waals surface area (Å²) in [4.78, 5) is 12.0. The first kappa shape index (κ1) is 15.0. The lowest BCUT2D eigenvalue weighted by Crippen LogP contribution is -2.20. The van der Waals surface area contributed by atoms with E-state index >= 15 is 0 Å². The average Bonchev–Trinajstić information content (AvgIpc) is 2.88. The number of hydrogen-bond acceptors (Lipinski definition) is 5. The predicted octanol–water partition coefficient (Wildman–Crippen LogP) is 1.16. The van der Waals surface area contributed by atoms with Crippen LogP contribution in [-0.4, -0.2) is 27.0 Å². The van der Waals surface area contributed by atoms with Gasteiger partial charge >= 0.3 is 0 Å². The molecule has 0 aliphatic carbocycles. The van der Waals surface area contributed by atoms with Gasteiger partial charge in [0.15, 0.2) is 0 Å². The second-order valence-electron chi connectivity index (χ2n) is 4.82. The minimum Gasteiger partial charge on any atom is -0.489 e. The molecule has 0 bridgehead atoms. The summed E-state index contributed by atoms with van der Waals surface area (Å²) in [5.74, 6) is 0.436. The molecule has 7 nitrogen and oxygen atoms in total. The minimum atomic E-state index is -0.205. The average molecular weight is 289 g/mol. The number of ether oxygens (including phenoxy) is 1. The van der Waals surface area contributed by atoms with Crippen molar-refractivity contribution in [2.45, 2.75) is 33.0 Å². The summed E-state index contributed by atoms with van der Waals surface area (Å²) in [6, 6.07) is 7.31. The van der Waals surface area contributed by atoms with E-state index in [9.17, 15) is 4.79 Å². The quantitative estimate of drug-likeness (QED) is 0.832. The molecule has 112 valence electrons. The highest BCUT2D eigenvalue weighted by Gasteiger charge is 2.10. The third kappa shape index (κ3) is 4.28. The van der Waals surface area contributed by atoms with Crippen molar-refractivity contribution in [1.82, 2.24) is 15.0 Å². The second kappa shape index (κ2) is 6.85. The molecule has 0 saturated heterocycles. The molecule has 1 amide bonds. The molecule has 0 saturated carbocycles. The maximum absolute atomic E-state index is 12.0. The van der Waals surface area contributed by atoms with E-state index in [1.54, 1.807) is 12.3 Å². The van der Waals surface area contributed by atoms with Crippen LogP contribution in [0.4, 0.5) is 5.69 Å². The summed E-state index contributed by atoms with van der Waals surface area (Å²) >= 11 is 0. The number of aromatic nitrogens is 3. The topological polar surface area (TPSA) is 95.1 Å². The fourth-order valence-corrected chi connectivity index (χ4v) is 1.77. The number of nitrogens with two attached hydrogens (primary N) is 1. The predicted molar refractivity (Wildman–Crippen MR) is 78.7 cm³/mol. The minimum absolute atomic E-state index is 0.0329. The van der Waals surface area contributed by atoms with Crippen molar-refractivity contribution in [1.29, 1.82) is 0 Å². The number of benzene rings is 1. The van der Waals surface area contributed by atoms with Crippen LogP contribution in [0.1, 0.15) is 19.5 Å². The Morgan fingerprint density at radius 3 is 2.86 bits per heavy atom. The summed E-state index contributed by atoms with van der Waals surface area (Å²) in [5, 5.41) is 10.5. The van der Waals surface area contributed by atoms with E-state index in [1.165, 1.54) is 4.68 Å². The van der Waals surface area contributed by atoms with E-state index in [1.807, 2.05) is 32.0 Å². The molecule has 1 aromatic heterocycles. The van der Waals surface area contributed by atoms with E-state index in [0.717, 1.165) is 0 Å². The van der Waals surface area contributed by atoms with Crippen LogP contribution in [0, 0.1) is 0 Å². The van der Waals surface area contributed by atoms with Crippen LogP contribution in [0.25, 0.3) is 0 Å². The van der Waals surface area contributed by atoms with Gasteiger partial charge in [-0.1, -0.05) is 17.3 Å². The molecule has 0 aliphatic heterocycles. The van der Waals surface area contributed by atoms with Gasteiger partial charge in [0.25, 0.3) is 0 Å². The van der Waals surface area contributed by atoms with Crippen LogP contribution in [0.15, 0.2) is 30.5 Å². The molecule has 0 radical (unpaired) electrons. The van der Waals surface area contributed by atoms with Gasteiger partial charge in [0, 0.05) is 6.54 Å². The Morgan fingerprint density at radius 2 is 2.19 bits per heavy atom. The Kier molecular flexibility index (Phi) is 4.89. The normalized spacial score (nSPS) is 10.7. The summed E-state index contributed by atoms with van der Waals surface area (Å²) in [6.45, 7) is 4.24. The number of carbonyl (C=O) groups is 1. The second-order valence-corrected chi connectivity index (χ2v) is 4.82. The maximum Gasteiger partial charge on any atom is 0.246 e. The molecule has 0 spiro atoms. The molecule has 1 aromatic carbocycles. The van der Waals surface area contributed by atoms with Gasteiger partial charge in [0.05, 0.1) is 23.7 Å². The SMILES string of the molecule is CC(C)Oc1ccccc1NC(=O)Cn1cc(CN)nn1. The first-order valence-electron chi connectivity index (χ1n) is 6.73. The van der Waals surface area contributed by atoms with Crippen LogP contribution >= 0.6 is 0 Å². The fourth-order valence-electron chi connectivity index (χ4n) is 1.77. The smallest absolute Gasteiger partial charge is 0.246 e. The van der Waals surface area contributed by atoms with Gasteiger partial charge in [-0.2, -0.15) is 0 Å². The molecule has 21 heavy (non-hydrogen) atoms. The number of anilines is 1. The lowest BCUT2D eigenvalue weighted by molar-refractivity contribution is -0.116. The zero-order valence-corrected chi connectivity index (χ0v) is 12.1. The number of nitrogens with zero attached hydrogens (tertiary/aromatic N) is 3. The standard InChI is InChI=1S/C14H19N5O2/c1-10(2)21-13-6-4-3-5-12(13)16-14(20)9-19-8-11(7-15)17-18-19/h3-6,8,10H,7,9,15H2,1-2H3,(H,16,20). The van der Waals surface area contributed by atoms with Crippen LogP contribution in [0.5, 0.6) is 5.75 Å². The zero-order chi connectivity index (χ0) is 15.2. The highest BCUT2D eigenvalue weighted by atomic mass is 16.5. The maximum atomic E-state index is 12.0. The van der Waals surface area contributed by atoms with Crippen molar-refractivity contribution >= 4 is 11.6 Å². The fraction of sp³-hybridized carbons (Fsp3) is 0.357. The number of amides is 1. The van der Waals surface area contributed by atoms with Crippen LogP contribution in [0.2, 0.25) is 0 Å². The van der Waals surface area contributed by atoms with E-state index in [0.29, 0.717) is 23.7 Å². The first-order valence-corrected chi connectivity index (χ1v) is 6.73. The van der Waals surface area contributed by atoms with E-state index < -0.39 is 0 Å². The van der Waals surface area contributed by atoms with Gasteiger partial charge < -0.3 is 15.8 Å². The molecule has 0 atom stereocenters. The van der Waals surface area contributed by atoms with Gasteiger partial charge in [-0.25, -0.2) is 4.68 Å². The van der Waals surface area contributed by atoms with Crippen molar-refractivity contribution in [3.63, 3.8) is 0 Å². The number of nitrogens with one attached hydrogen (secondary N) is 1. The van der Waals surface area contributed by atoms with Crippen molar-refractivity contribution in [3.8, 4) is 5.75 Å². The molecular formula is C14H19N5O2. The van der Waals surface area contributed by atoms with E-state index in [4.69, 9.17) is 10.5 Å². The lowest BCUT2D eigenvalue weighted by atomic mass is 10.3. The monoisotopic (exact) mass is 289 g/mol. The van der Waals surface area contributed by atoms with Gasteiger partial charge in [0.1, 0.15) is 12.3 Å². The summed E-state index contributed by atoms with van der Waals surface area (Å²) < 4.78 is 7.10. The summed E-state index contributed by atoms with van der Waals surface area (Å²) in [7, 11) is 0. The molecule has 7 heteroatoms. The molecule has 2 aromatic rings. The number of carbonyl (C=O) groups excluding carboxylic acids is 1. The van der Waals surface area contributed by atoms with Gasteiger partial charge in [-0.3, -0.25) is 4.79 Å². The Balaban J connectivity index is 2.02. The Bertz CT molecular complexity index is 609. The number of para-hydroxylation sites is 2. The number of rotatable bonds is 6. The van der Waals surface area contributed by atoms with Crippen molar-refractivity contribution in [2.24, 2.45) is 5.73 Å². The van der Waals surface area contributed by atoms with E-state index in [2.05, 4.69) is 15.6 Å². The highest BCUT2D eigenvalue weighted by Crippen LogP contribution is 2.24. The highest BCUT2D eigenvalue weighted by molar-refractivity contribution is 5.92. The first-order chi connectivity index (χ1) is 10.1. The van der Waals surface area contributed by atoms with Crippen molar-refractivity contribution < 1.29 is 9.53 Å². The summed E-state index contributed by atoms with van der Waals surface area (Å²) in [6.07, 6.45) is 1.68.